The van der Waals surface area contributed by atoms with E-state index in [-0.39, 0.29) is 11.7 Å². The first-order chi connectivity index (χ1) is 8.79. The summed E-state index contributed by atoms with van der Waals surface area (Å²) in [6.45, 7) is 0.497. The van der Waals surface area contributed by atoms with Crippen molar-refractivity contribution in [2.24, 2.45) is 0 Å². The van der Waals surface area contributed by atoms with E-state index in [0.29, 0.717) is 18.1 Å². The van der Waals surface area contributed by atoms with Crippen molar-refractivity contribution < 1.29 is 9.13 Å². The van der Waals surface area contributed by atoms with Crippen LogP contribution in [-0.2, 0) is 0 Å². The lowest BCUT2D eigenvalue weighted by molar-refractivity contribution is 0.296. The number of rotatable bonds is 5. The molecule has 2 rings (SSSR count). The molecule has 1 unspecified atom stereocenters. The molecule has 0 bridgehead atoms. The summed E-state index contributed by atoms with van der Waals surface area (Å²) in [7, 11) is 0. The Morgan fingerprint density at radius 1 is 1.06 bits per heavy atom. The van der Waals surface area contributed by atoms with Crippen LogP contribution in [0.2, 0.25) is 0 Å². The number of halogens is 1. The van der Waals surface area contributed by atoms with Crippen LogP contribution in [0.5, 0.6) is 5.75 Å². The highest BCUT2D eigenvalue weighted by Crippen LogP contribution is 2.20. The molecule has 94 valence electrons. The molecular formula is C15H15FOS. The Hall–Kier alpha value is -1.48. The predicted octanol–water partition coefficient (Wildman–Crippen LogP) is 3.92. The van der Waals surface area contributed by atoms with Crippen LogP contribution >= 0.6 is 12.6 Å². The van der Waals surface area contributed by atoms with Crippen LogP contribution in [-0.4, -0.2) is 12.4 Å². The van der Waals surface area contributed by atoms with E-state index >= 15 is 0 Å². The van der Waals surface area contributed by atoms with Crippen LogP contribution in [0.15, 0.2) is 54.6 Å². The van der Waals surface area contributed by atoms with E-state index in [1.807, 2.05) is 18.2 Å². The summed E-state index contributed by atoms with van der Waals surface area (Å²) in [6.07, 6.45) is 0. The quantitative estimate of drug-likeness (QED) is 0.804. The van der Waals surface area contributed by atoms with E-state index in [4.69, 9.17) is 4.74 Å². The van der Waals surface area contributed by atoms with Crippen molar-refractivity contribution in [3.63, 3.8) is 0 Å². The third-order valence-corrected chi connectivity index (χ3v) is 3.18. The van der Waals surface area contributed by atoms with Gasteiger partial charge in [-0.3, -0.25) is 0 Å². The molecule has 1 atom stereocenters. The van der Waals surface area contributed by atoms with Crippen molar-refractivity contribution in [2.45, 2.75) is 5.92 Å². The van der Waals surface area contributed by atoms with Crippen molar-refractivity contribution in [3.05, 3.63) is 66.0 Å². The van der Waals surface area contributed by atoms with E-state index in [2.05, 4.69) is 24.8 Å². The van der Waals surface area contributed by atoms with Crippen molar-refractivity contribution >= 4 is 12.6 Å². The van der Waals surface area contributed by atoms with Gasteiger partial charge in [-0.25, -0.2) is 4.39 Å². The molecule has 18 heavy (non-hydrogen) atoms. The zero-order valence-electron chi connectivity index (χ0n) is 9.92. The summed E-state index contributed by atoms with van der Waals surface area (Å²) in [5.74, 6) is 1.17. The Balaban J connectivity index is 2.00. The second-order valence-corrected chi connectivity index (χ2v) is 4.42. The van der Waals surface area contributed by atoms with Crippen LogP contribution in [0.1, 0.15) is 11.5 Å². The Bertz CT molecular complexity index is 487. The van der Waals surface area contributed by atoms with Crippen LogP contribution in [0.25, 0.3) is 0 Å². The maximum absolute atomic E-state index is 13.0. The van der Waals surface area contributed by atoms with E-state index < -0.39 is 0 Å². The average molecular weight is 262 g/mol. The molecule has 3 heteroatoms. The normalized spacial score (nSPS) is 12.1. The molecule has 0 aromatic heterocycles. The van der Waals surface area contributed by atoms with Gasteiger partial charge in [0.15, 0.2) is 0 Å². The van der Waals surface area contributed by atoms with Gasteiger partial charge < -0.3 is 4.74 Å². The molecule has 0 aliphatic carbocycles. The Morgan fingerprint density at radius 3 is 2.50 bits per heavy atom. The Morgan fingerprint density at radius 2 is 1.83 bits per heavy atom. The van der Waals surface area contributed by atoms with E-state index in [0.717, 1.165) is 0 Å². The number of benzene rings is 2. The van der Waals surface area contributed by atoms with Gasteiger partial charge in [0.1, 0.15) is 11.6 Å². The molecular weight excluding hydrogens is 247 g/mol. The molecule has 1 nitrogen and oxygen atoms in total. The molecule has 2 aromatic carbocycles. The minimum atomic E-state index is -0.283. The molecule has 0 heterocycles. The number of hydrogen-bond donors (Lipinski definition) is 1. The second-order valence-electron chi connectivity index (χ2n) is 4.06. The van der Waals surface area contributed by atoms with Gasteiger partial charge in [0.05, 0.1) is 6.61 Å². The van der Waals surface area contributed by atoms with Gasteiger partial charge in [0.2, 0.25) is 0 Å². The summed E-state index contributed by atoms with van der Waals surface area (Å²) < 4.78 is 18.6. The Kier molecular flexibility index (Phi) is 4.65. The van der Waals surface area contributed by atoms with Crippen molar-refractivity contribution in [3.8, 4) is 5.75 Å². The number of hydrogen-bond acceptors (Lipinski definition) is 2. The number of ether oxygens (including phenoxy) is 1. The molecule has 0 saturated carbocycles. The fourth-order valence-electron chi connectivity index (χ4n) is 1.73. The first-order valence-electron chi connectivity index (χ1n) is 5.84. The largest absolute Gasteiger partial charge is 0.493 e. The minimum Gasteiger partial charge on any atom is -0.493 e. The fraction of sp³-hybridized carbons (Fsp3) is 0.200. The average Bonchev–Trinajstić information content (AvgIpc) is 2.41. The smallest absolute Gasteiger partial charge is 0.126 e. The molecule has 0 amide bonds. The first kappa shape index (κ1) is 13.0. The summed E-state index contributed by atoms with van der Waals surface area (Å²) >= 11 is 4.34. The predicted molar refractivity (Wildman–Crippen MR) is 74.9 cm³/mol. The fourth-order valence-corrected chi connectivity index (χ4v) is 2.05. The molecule has 0 spiro atoms. The minimum absolute atomic E-state index is 0.206. The van der Waals surface area contributed by atoms with Gasteiger partial charge in [0.25, 0.3) is 0 Å². The van der Waals surface area contributed by atoms with E-state index in [1.165, 1.54) is 17.7 Å². The van der Waals surface area contributed by atoms with Gasteiger partial charge in [-0.05, 0) is 17.7 Å². The molecule has 0 N–H and O–H groups in total. The first-order valence-corrected chi connectivity index (χ1v) is 6.47. The third-order valence-electron chi connectivity index (χ3n) is 2.74. The highest BCUT2D eigenvalue weighted by atomic mass is 32.1. The van der Waals surface area contributed by atoms with Gasteiger partial charge >= 0.3 is 0 Å². The molecule has 0 aliphatic heterocycles. The van der Waals surface area contributed by atoms with Gasteiger partial charge in [-0.15, -0.1) is 0 Å². The summed E-state index contributed by atoms with van der Waals surface area (Å²) in [5.41, 5.74) is 1.18. The number of thiol groups is 1. The summed E-state index contributed by atoms with van der Waals surface area (Å²) in [6, 6.07) is 16.3. The summed E-state index contributed by atoms with van der Waals surface area (Å²) in [5, 5.41) is 0. The lowest BCUT2D eigenvalue weighted by Gasteiger charge is -2.16. The maximum atomic E-state index is 13.0. The zero-order valence-corrected chi connectivity index (χ0v) is 10.8. The van der Waals surface area contributed by atoms with Gasteiger partial charge in [-0.2, -0.15) is 12.6 Å². The standard InChI is InChI=1S/C15H15FOS/c16-14-7-4-8-15(9-14)17-10-13(11-18)12-5-2-1-3-6-12/h1-9,13,18H,10-11H2. The Labute approximate surface area is 112 Å². The highest BCUT2D eigenvalue weighted by Gasteiger charge is 2.10. The van der Waals surface area contributed by atoms with Crippen LogP contribution in [0.3, 0.4) is 0 Å². The highest BCUT2D eigenvalue weighted by molar-refractivity contribution is 7.80. The van der Waals surface area contributed by atoms with Gasteiger partial charge in [-0.1, -0.05) is 36.4 Å². The lowest BCUT2D eigenvalue weighted by Crippen LogP contribution is -2.12. The molecule has 0 radical (unpaired) electrons. The van der Waals surface area contributed by atoms with Crippen molar-refractivity contribution in [2.75, 3.05) is 12.4 Å². The molecule has 0 saturated heterocycles. The van der Waals surface area contributed by atoms with E-state index in [1.54, 1.807) is 12.1 Å². The lowest BCUT2D eigenvalue weighted by atomic mass is 10.0. The molecule has 0 aliphatic rings. The molecule has 2 aromatic rings. The maximum Gasteiger partial charge on any atom is 0.126 e. The van der Waals surface area contributed by atoms with E-state index in [9.17, 15) is 4.39 Å². The van der Waals surface area contributed by atoms with Crippen molar-refractivity contribution in [1.29, 1.82) is 0 Å². The van der Waals surface area contributed by atoms with Gasteiger partial charge in [0, 0.05) is 17.7 Å². The molecule has 0 fully saturated rings. The SMILES string of the molecule is Fc1cccc(OCC(CS)c2ccccc2)c1. The third kappa shape index (κ3) is 3.50. The second kappa shape index (κ2) is 6.45. The topological polar surface area (TPSA) is 9.23 Å². The van der Waals surface area contributed by atoms with Crippen LogP contribution in [0.4, 0.5) is 4.39 Å². The summed E-state index contributed by atoms with van der Waals surface area (Å²) in [4.78, 5) is 0. The van der Waals surface area contributed by atoms with Crippen molar-refractivity contribution in [1.82, 2.24) is 0 Å². The van der Waals surface area contributed by atoms with Crippen LogP contribution in [0, 0.1) is 5.82 Å². The monoisotopic (exact) mass is 262 g/mol. The zero-order chi connectivity index (χ0) is 12.8. The van der Waals surface area contributed by atoms with Crippen LogP contribution < -0.4 is 4.74 Å².